The number of hydrogen-bond acceptors (Lipinski definition) is 6. The van der Waals surface area contributed by atoms with Gasteiger partial charge in [-0.2, -0.15) is 5.10 Å². The lowest BCUT2D eigenvalue weighted by atomic mass is 10.3. The first-order chi connectivity index (χ1) is 8.04. The fourth-order valence-corrected chi connectivity index (χ4v) is 1.02. The fraction of sp³-hybridized carbons (Fsp3) is 0.111. The first-order valence-electron chi connectivity index (χ1n) is 4.36. The lowest BCUT2D eigenvalue weighted by Gasteiger charge is -2.00. The van der Waals surface area contributed by atoms with Crippen LogP contribution < -0.4 is 5.43 Å². The number of ether oxygens (including phenoxy) is 1. The summed E-state index contributed by atoms with van der Waals surface area (Å²) in [5, 5.41) is 13.5. The van der Waals surface area contributed by atoms with Gasteiger partial charge in [-0.05, 0) is 12.1 Å². The molecule has 0 aliphatic heterocycles. The van der Waals surface area contributed by atoms with Crippen molar-refractivity contribution in [3.8, 4) is 0 Å². The smallest absolute Gasteiger partial charge is 0.370 e. The monoisotopic (exact) mass is 257 g/mol. The third kappa shape index (κ3) is 3.72. The molecule has 8 heteroatoms. The van der Waals surface area contributed by atoms with Gasteiger partial charge in [0.1, 0.15) is 0 Å². The van der Waals surface area contributed by atoms with E-state index in [9.17, 15) is 14.9 Å². The average Bonchev–Trinajstić information content (AvgIpc) is 2.35. The number of benzene rings is 1. The van der Waals surface area contributed by atoms with Gasteiger partial charge in [0.25, 0.3) is 5.69 Å². The second-order valence-corrected chi connectivity index (χ2v) is 3.17. The third-order valence-corrected chi connectivity index (χ3v) is 1.95. The molecule has 0 fully saturated rings. The Morgan fingerprint density at radius 3 is 2.53 bits per heavy atom. The molecule has 0 aliphatic rings. The molecule has 1 rings (SSSR count). The van der Waals surface area contributed by atoms with Crippen LogP contribution in [0.3, 0.4) is 0 Å². The maximum absolute atomic E-state index is 10.9. The molecule has 0 radical (unpaired) electrons. The second-order valence-electron chi connectivity index (χ2n) is 2.81. The van der Waals surface area contributed by atoms with Crippen molar-refractivity contribution in [1.29, 1.82) is 0 Å². The minimum absolute atomic E-state index is 0.0430. The van der Waals surface area contributed by atoms with Crippen LogP contribution in [-0.4, -0.2) is 23.2 Å². The van der Waals surface area contributed by atoms with Gasteiger partial charge in [0, 0.05) is 12.1 Å². The molecule has 0 aliphatic carbocycles. The number of nitro groups is 1. The molecule has 0 amide bonds. The third-order valence-electron chi connectivity index (χ3n) is 1.72. The van der Waals surface area contributed by atoms with Crippen LogP contribution in [0, 0.1) is 10.1 Å². The number of rotatable bonds is 4. The van der Waals surface area contributed by atoms with Crippen LogP contribution in [0.15, 0.2) is 29.4 Å². The van der Waals surface area contributed by atoms with Crippen molar-refractivity contribution in [1.82, 2.24) is 0 Å². The largest absolute Gasteiger partial charge is 0.464 e. The number of esters is 1. The highest BCUT2D eigenvalue weighted by molar-refractivity contribution is 6.82. The summed E-state index contributed by atoms with van der Waals surface area (Å²) in [6.45, 7) is 0. The van der Waals surface area contributed by atoms with Gasteiger partial charge in [0.15, 0.2) is 0 Å². The summed E-state index contributed by atoms with van der Waals surface area (Å²) in [5.41, 5.74) is 2.87. The Bertz CT molecular complexity index is 458. The Labute approximate surface area is 101 Å². The van der Waals surface area contributed by atoms with Gasteiger partial charge in [0.05, 0.1) is 17.7 Å². The van der Waals surface area contributed by atoms with Crippen LogP contribution in [0.5, 0.6) is 0 Å². The highest BCUT2D eigenvalue weighted by Gasteiger charge is 2.08. The predicted molar refractivity (Wildman–Crippen MR) is 62.0 cm³/mol. The Morgan fingerprint density at radius 1 is 1.47 bits per heavy atom. The summed E-state index contributed by atoms with van der Waals surface area (Å²) in [6, 6.07) is 5.46. The van der Waals surface area contributed by atoms with Crippen molar-refractivity contribution in [3.05, 3.63) is 34.4 Å². The Balaban J connectivity index is 2.70. The SMILES string of the molecule is COC(=O)/C(Cl)=N\Nc1ccc([N+](=O)[O-])cc1. The van der Waals surface area contributed by atoms with E-state index in [2.05, 4.69) is 15.3 Å². The normalized spacial score (nSPS) is 10.8. The van der Waals surface area contributed by atoms with E-state index in [-0.39, 0.29) is 10.9 Å². The Kier molecular flexibility index (Phi) is 4.41. The van der Waals surface area contributed by atoms with E-state index in [4.69, 9.17) is 11.6 Å². The summed E-state index contributed by atoms with van der Waals surface area (Å²) < 4.78 is 4.32. The molecular formula is C9H8ClN3O4. The molecule has 0 saturated heterocycles. The maximum atomic E-state index is 10.9. The number of nitrogens with zero attached hydrogens (tertiary/aromatic N) is 2. The van der Waals surface area contributed by atoms with E-state index in [1.54, 1.807) is 0 Å². The molecule has 0 bridgehead atoms. The highest BCUT2D eigenvalue weighted by Crippen LogP contribution is 2.15. The Hall–Kier alpha value is -2.15. The zero-order chi connectivity index (χ0) is 12.8. The van der Waals surface area contributed by atoms with Gasteiger partial charge in [-0.3, -0.25) is 15.5 Å². The van der Waals surface area contributed by atoms with E-state index < -0.39 is 10.9 Å². The number of carbonyl (C=O) groups is 1. The summed E-state index contributed by atoms with van der Waals surface area (Å²) in [4.78, 5) is 20.7. The van der Waals surface area contributed by atoms with E-state index in [0.29, 0.717) is 5.69 Å². The molecule has 7 nitrogen and oxygen atoms in total. The standard InChI is InChI=1S/C9H8ClN3O4/c1-17-9(14)8(10)12-11-6-2-4-7(5-3-6)13(15)16/h2-5,11H,1H3/b12-8+. The van der Waals surface area contributed by atoms with Crippen molar-refractivity contribution in [2.24, 2.45) is 5.10 Å². The molecule has 1 aromatic rings. The first-order valence-corrected chi connectivity index (χ1v) is 4.74. The zero-order valence-electron chi connectivity index (χ0n) is 8.71. The van der Waals surface area contributed by atoms with Crippen LogP contribution in [0.25, 0.3) is 0 Å². The van der Waals surface area contributed by atoms with Crippen LogP contribution in [0.1, 0.15) is 0 Å². The minimum atomic E-state index is -0.777. The summed E-state index contributed by atoms with van der Waals surface area (Å²) in [7, 11) is 1.17. The lowest BCUT2D eigenvalue weighted by Crippen LogP contribution is -2.11. The van der Waals surface area contributed by atoms with Gasteiger partial charge in [-0.15, -0.1) is 0 Å². The number of hydrogen-bond donors (Lipinski definition) is 1. The zero-order valence-corrected chi connectivity index (χ0v) is 9.47. The van der Waals surface area contributed by atoms with Crippen LogP contribution in [-0.2, 0) is 9.53 Å². The van der Waals surface area contributed by atoms with Crippen molar-refractivity contribution in [3.63, 3.8) is 0 Å². The topological polar surface area (TPSA) is 93.8 Å². The number of nitrogens with one attached hydrogen (secondary N) is 1. The number of anilines is 1. The predicted octanol–water partition coefficient (Wildman–Crippen LogP) is 1.73. The van der Waals surface area contributed by atoms with Crippen molar-refractivity contribution < 1.29 is 14.5 Å². The maximum Gasteiger partial charge on any atom is 0.370 e. The van der Waals surface area contributed by atoms with E-state index in [1.165, 1.54) is 31.4 Å². The Morgan fingerprint density at radius 2 is 2.06 bits per heavy atom. The molecule has 0 aromatic heterocycles. The second kappa shape index (κ2) is 5.80. The van der Waals surface area contributed by atoms with Crippen LogP contribution in [0.2, 0.25) is 0 Å². The summed E-state index contributed by atoms with van der Waals surface area (Å²) >= 11 is 5.47. The fourth-order valence-electron chi connectivity index (χ4n) is 0.901. The molecular weight excluding hydrogens is 250 g/mol. The van der Waals surface area contributed by atoms with Crippen molar-refractivity contribution in [2.45, 2.75) is 0 Å². The summed E-state index contributed by atoms with van der Waals surface area (Å²) in [5.74, 6) is -0.777. The molecule has 17 heavy (non-hydrogen) atoms. The van der Waals surface area contributed by atoms with Gasteiger partial charge >= 0.3 is 5.97 Å². The molecule has 0 unspecified atom stereocenters. The van der Waals surface area contributed by atoms with Crippen molar-refractivity contribution >= 4 is 34.1 Å². The molecule has 90 valence electrons. The van der Waals surface area contributed by atoms with Gasteiger partial charge in [0.2, 0.25) is 5.17 Å². The quantitative estimate of drug-likeness (QED) is 0.384. The van der Waals surface area contributed by atoms with Gasteiger partial charge in [-0.1, -0.05) is 11.6 Å². The number of methoxy groups -OCH3 is 1. The highest BCUT2D eigenvalue weighted by atomic mass is 35.5. The number of halogens is 1. The number of hydrazone groups is 1. The summed E-state index contributed by atoms with van der Waals surface area (Å²) in [6.07, 6.45) is 0. The van der Waals surface area contributed by atoms with Gasteiger partial charge < -0.3 is 4.74 Å². The van der Waals surface area contributed by atoms with Crippen LogP contribution >= 0.6 is 11.6 Å². The minimum Gasteiger partial charge on any atom is -0.464 e. The molecule has 1 N–H and O–H groups in total. The average molecular weight is 258 g/mol. The molecule has 0 spiro atoms. The van der Waals surface area contributed by atoms with E-state index in [0.717, 1.165) is 0 Å². The van der Waals surface area contributed by atoms with Crippen LogP contribution in [0.4, 0.5) is 11.4 Å². The first kappa shape index (κ1) is 12.9. The van der Waals surface area contributed by atoms with E-state index in [1.807, 2.05) is 0 Å². The number of nitro benzene ring substituents is 1. The molecule has 0 heterocycles. The van der Waals surface area contributed by atoms with E-state index >= 15 is 0 Å². The lowest BCUT2D eigenvalue weighted by molar-refractivity contribution is -0.384. The number of carbonyl (C=O) groups excluding carboxylic acids is 1. The molecule has 1 aromatic carbocycles. The molecule has 0 atom stereocenters. The van der Waals surface area contributed by atoms with Crippen molar-refractivity contribution in [2.75, 3.05) is 12.5 Å². The number of non-ortho nitro benzene ring substituents is 1. The van der Waals surface area contributed by atoms with Gasteiger partial charge in [-0.25, -0.2) is 4.79 Å². The molecule has 0 saturated carbocycles.